The van der Waals surface area contributed by atoms with Crippen molar-refractivity contribution in [3.63, 3.8) is 0 Å². The molecular weight excluding hydrogens is 372 g/mol. The van der Waals surface area contributed by atoms with Crippen molar-refractivity contribution in [3.8, 4) is 0 Å². The Morgan fingerprint density at radius 3 is 2.69 bits per heavy atom. The van der Waals surface area contributed by atoms with E-state index in [1.54, 1.807) is 0 Å². The molecule has 2 aliphatic rings. The number of carbonyl (C=O) groups is 2. The lowest BCUT2D eigenvalue weighted by atomic mass is 9.85. The van der Waals surface area contributed by atoms with E-state index in [0.29, 0.717) is 25.5 Å². The molecule has 29 heavy (non-hydrogen) atoms. The van der Waals surface area contributed by atoms with Gasteiger partial charge in [0.15, 0.2) is 0 Å². The van der Waals surface area contributed by atoms with Gasteiger partial charge in [0.2, 0.25) is 11.8 Å². The fraction of sp³-hybridized carbons (Fsp3) is 0.571. The van der Waals surface area contributed by atoms with E-state index in [1.165, 1.54) is 0 Å². The molecule has 0 spiro atoms. The fourth-order valence-electron chi connectivity index (χ4n) is 4.19. The minimum Gasteiger partial charge on any atom is -0.391 e. The largest absolute Gasteiger partial charge is 0.391 e. The molecule has 1 aromatic heterocycles. The van der Waals surface area contributed by atoms with Crippen LogP contribution in [0.4, 0.5) is 0 Å². The van der Waals surface area contributed by atoms with Gasteiger partial charge in [-0.05, 0) is 44.2 Å². The third-order valence-corrected chi connectivity index (χ3v) is 5.88. The zero-order valence-electron chi connectivity index (χ0n) is 16.4. The molecule has 1 aliphatic carbocycles. The zero-order chi connectivity index (χ0) is 20.2. The van der Waals surface area contributed by atoms with E-state index in [-0.39, 0.29) is 36.2 Å². The van der Waals surface area contributed by atoms with E-state index in [1.807, 2.05) is 24.3 Å². The highest BCUT2D eigenvalue weighted by Gasteiger charge is 2.31. The number of para-hydroxylation sites is 2. The molecular formula is C21H28N4O4. The minimum absolute atomic E-state index is 0.0217. The first-order valence-corrected chi connectivity index (χ1v) is 10.4. The van der Waals surface area contributed by atoms with Crippen molar-refractivity contribution >= 4 is 22.8 Å². The number of hydrogen-bond acceptors (Lipinski definition) is 5. The summed E-state index contributed by atoms with van der Waals surface area (Å²) in [7, 11) is 0. The van der Waals surface area contributed by atoms with Crippen molar-refractivity contribution in [2.75, 3.05) is 13.2 Å². The summed E-state index contributed by atoms with van der Waals surface area (Å²) in [5, 5.41) is 16.0. The Morgan fingerprint density at radius 2 is 1.93 bits per heavy atom. The Morgan fingerprint density at radius 1 is 1.14 bits per heavy atom. The predicted molar refractivity (Wildman–Crippen MR) is 107 cm³/mol. The molecule has 2 amide bonds. The van der Waals surface area contributed by atoms with Gasteiger partial charge >= 0.3 is 0 Å². The normalized spacial score (nSPS) is 27.5. The second kappa shape index (κ2) is 8.92. The van der Waals surface area contributed by atoms with E-state index in [9.17, 15) is 14.7 Å². The van der Waals surface area contributed by atoms with Gasteiger partial charge in [-0.1, -0.05) is 12.1 Å². The molecule has 4 rings (SSSR count). The number of aliphatic hydroxyl groups excluding tert-OH is 1. The number of hydrogen-bond donors (Lipinski definition) is 4. The monoisotopic (exact) mass is 400 g/mol. The maximum Gasteiger partial charge on any atom is 0.227 e. The molecule has 1 aliphatic heterocycles. The number of aromatic nitrogens is 2. The summed E-state index contributed by atoms with van der Waals surface area (Å²) in [6.45, 7) is 0.895. The van der Waals surface area contributed by atoms with Crippen LogP contribution in [-0.4, -0.2) is 58.3 Å². The molecule has 0 unspecified atom stereocenters. The number of fused-ring (bicyclic) bond motifs is 1. The number of benzene rings is 1. The molecule has 0 bridgehead atoms. The van der Waals surface area contributed by atoms with E-state index < -0.39 is 6.10 Å². The summed E-state index contributed by atoms with van der Waals surface area (Å²) in [5.74, 6) is 0.503. The standard InChI is InChI=1S/C21H28N4O4/c26-18-9-10-29-12-17(18)25-21(28)13-5-7-14(8-6-13)22-20(27)11-19-23-15-3-1-2-4-16(15)24-19/h1-4,13-14,17-18,26H,5-12H2,(H,22,27)(H,23,24)(H,25,28)/t13?,14?,17-,18+/m1/s1. The fourth-order valence-corrected chi connectivity index (χ4v) is 4.19. The first-order chi connectivity index (χ1) is 14.1. The van der Waals surface area contributed by atoms with Crippen LogP contribution in [0.2, 0.25) is 0 Å². The molecule has 2 fully saturated rings. The van der Waals surface area contributed by atoms with Crippen LogP contribution in [-0.2, 0) is 20.7 Å². The highest BCUT2D eigenvalue weighted by atomic mass is 16.5. The topological polar surface area (TPSA) is 116 Å². The summed E-state index contributed by atoms with van der Waals surface area (Å²) in [4.78, 5) is 32.5. The number of nitrogens with one attached hydrogen (secondary N) is 3. The van der Waals surface area contributed by atoms with Gasteiger partial charge in [-0.25, -0.2) is 4.98 Å². The number of ether oxygens (including phenoxy) is 1. The number of imidazole rings is 1. The zero-order valence-corrected chi connectivity index (χ0v) is 16.4. The maximum absolute atomic E-state index is 12.5. The number of nitrogens with zero attached hydrogens (tertiary/aromatic N) is 1. The van der Waals surface area contributed by atoms with Crippen molar-refractivity contribution in [1.82, 2.24) is 20.6 Å². The lowest BCUT2D eigenvalue weighted by Crippen LogP contribution is -2.51. The first kappa shape index (κ1) is 19.8. The van der Waals surface area contributed by atoms with Gasteiger partial charge in [-0.3, -0.25) is 9.59 Å². The van der Waals surface area contributed by atoms with Crippen LogP contribution in [0.25, 0.3) is 11.0 Å². The van der Waals surface area contributed by atoms with Gasteiger partial charge in [0.1, 0.15) is 5.82 Å². The lowest BCUT2D eigenvalue weighted by molar-refractivity contribution is -0.129. The quantitative estimate of drug-likeness (QED) is 0.599. The second-order valence-corrected chi connectivity index (χ2v) is 8.04. The first-order valence-electron chi connectivity index (χ1n) is 10.4. The minimum atomic E-state index is -0.540. The molecule has 156 valence electrons. The van der Waals surface area contributed by atoms with E-state index >= 15 is 0 Å². The van der Waals surface area contributed by atoms with Crippen LogP contribution in [0.5, 0.6) is 0 Å². The van der Waals surface area contributed by atoms with Crippen LogP contribution in [0, 0.1) is 5.92 Å². The van der Waals surface area contributed by atoms with Gasteiger partial charge in [0.05, 0.1) is 36.2 Å². The van der Waals surface area contributed by atoms with Crippen LogP contribution in [0.1, 0.15) is 37.9 Å². The van der Waals surface area contributed by atoms with Crippen LogP contribution in [0.15, 0.2) is 24.3 Å². The van der Waals surface area contributed by atoms with Crippen molar-refractivity contribution < 1.29 is 19.4 Å². The predicted octanol–water partition coefficient (Wildman–Crippen LogP) is 1.05. The third kappa shape index (κ3) is 4.94. The number of rotatable bonds is 5. The lowest BCUT2D eigenvalue weighted by Gasteiger charge is -2.32. The molecule has 1 aromatic carbocycles. The molecule has 0 radical (unpaired) electrons. The average Bonchev–Trinajstić information content (AvgIpc) is 3.12. The van der Waals surface area contributed by atoms with Crippen LogP contribution >= 0.6 is 0 Å². The summed E-state index contributed by atoms with van der Waals surface area (Å²) < 4.78 is 5.34. The summed E-state index contributed by atoms with van der Waals surface area (Å²) in [6, 6.07) is 7.47. The highest BCUT2D eigenvalue weighted by molar-refractivity contribution is 5.81. The van der Waals surface area contributed by atoms with E-state index in [0.717, 1.165) is 36.7 Å². The summed E-state index contributed by atoms with van der Waals surface area (Å²) in [5.41, 5.74) is 1.78. The van der Waals surface area contributed by atoms with Gasteiger partial charge < -0.3 is 25.5 Å². The second-order valence-electron chi connectivity index (χ2n) is 8.04. The summed E-state index contributed by atoms with van der Waals surface area (Å²) in [6.07, 6.45) is 3.22. The molecule has 2 aromatic rings. The van der Waals surface area contributed by atoms with Crippen LogP contribution < -0.4 is 10.6 Å². The van der Waals surface area contributed by atoms with Crippen LogP contribution in [0.3, 0.4) is 0 Å². The Labute approximate surface area is 169 Å². The molecule has 8 heteroatoms. The Balaban J connectivity index is 1.22. The number of amides is 2. The molecule has 1 saturated carbocycles. The van der Waals surface area contributed by atoms with Crippen molar-refractivity contribution in [2.45, 2.75) is 56.7 Å². The molecule has 2 heterocycles. The molecule has 1 saturated heterocycles. The molecule has 4 N–H and O–H groups in total. The highest BCUT2D eigenvalue weighted by Crippen LogP contribution is 2.25. The average molecular weight is 400 g/mol. The number of aliphatic hydroxyl groups is 1. The van der Waals surface area contributed by atoms with Gasteiger partial charge in [-0.15, -0.1) is 0 Å². The smallest absolute Gasteiger partial charge is 0.227 e. The van der Waals surface area contributed by atoms with E-state index in [4.69, 9.17) is 4.74 Å². The molecule has 2 atom stereocenters. The number of H-pyrrole nitrogens is 1. The van der Waals surface area contributed by atoms with Crippen molar-refractivity contribution in [3.05, 3.63) is 30.1 Å². The van der Waals surface area contributed by atoms with Crippen molar-refractivity contribution in [2.24, 2.45) is 5.92 Å². The Hall–Kier alpha value is -2.45. The summed E-state index contributed by atoms with van der Waals surface area (Å²) >= 11 is 0. The Kier molecular flexibility index (Phi) is 6.10. The van der Waals surface area contributed by atoms with Gasteiger partial charge in [0, 0.05) is 18.6 Å². The molecule has 8 nitrogen and oxygen atoms in total. The maximum atomic E-state index is 12.5. The third-order valence-electron chi connectivity index (χ3n) is 5.88. The van der Waals surface area contributed by atoms with Crippen molar-refractivity contribution in [1.29, 1.82) is 0 Å². The number of carbonyl (C=O) groups excluding carboxylic acids is 2. The SMILES string of the molecule is O=C(Cc1nc2ccccc2[nH]1)NC1CCC(C(=O)N[C@@H]2COCC[C@@H]2O)CC1. The van der Waals surface area contributed by atoms with E-state index in [2.05, 4.69) is 20.6 Å². The Bertz CT molecular complexity index is 826. The number of aromatic amines is 1. The van der Waals surface area contributed by atoms with Gasteiger partial charge in [-0.2, -0.15) is 0 Å². The van der Waals surface area contributed by atoms with Gasteiger partial charge in [0.25, 0.3) is 0 Å².